The molecule has 6 nitrogen and oxygen atoms in total. The first-order chi connectivity index (χ1) is 14.0. The van der Waals surface area contributed by atoms with Crippen molar-refractivity contribution in [3.63, 3.8) is 0 Å². The lowest BCUT2D eigenvalue weighted by Gasteiger charge is -2.34. The van der Waals surface area contributed by atoms with Crippen molar-refractivity contribution < 1.29 is 9.18 Å². The quantitative estimate of drug-likeness (QED) is 0.572. The van der Waals surface area contributed by atoms with Gasteiger partial charge in [-0.1, -0.05) is 25.1 Å². The zero-order valence-corrected chi connectivity index (χ0v) is 18.4. The average molecular weight is 408 g/mol. The third-order valence-electron chi connectivity index (χ3n) is 5.51. The summed E-state index contributed by atoms with van der Waals surface area (Å²) < 4.78 is 14.0. The number of unbranched alkanes of at least 4 members (excludes halogenated alkanes) is 1. The predicted octanol–water partition coefficient (Wildman–Crippen LogP) is 2.32. The van der Waals surface area contributed by atoms with Crippen LogP contribution in [0.25, 0.3) is 0 Å². The van der Waals surface area contributed by atoms with E-state index in [1.165, 1.54) is 6.07 Å². The summed E-state index contributed by atoms with van der Waals surface area (Å²) in [5.41, 5.74) is 0.549. The number of halogens is 1. The summed E-state index contributed by atoms with van der Waals surface area (Å²) in [4.78, 5) is 21.4. The van der Waals surface area contributed by atoms with E-state index in [4.69, 9.17) is 0 Å². The van der Waals surface area contributed by atoms with Gasteiger partial charge in [-0.2, -0.15) is 0 Å². The monoisotopic (exact) mass is 407 g/mol. The van der Waals surface area contributed by atoms with Crippen molar-refractivity contribution in [2.24, 2.45) is 0 Å². The number of nitrogens with zero attached hydrogens (tertiary/aromatic N) is 4. The van der Waals surface area contributed by atoms with Crippen molar-refractivity contribution in [1.29, 1.82) is 0 Å². The van der Waals surface area contributed by atoms with Crippen LogP contribution in [-0.4, -0.2) is 98.6 Å². The molecule has 0 saturated carbocycles. The number of carbonyl (C=O) groups is 1. The SMILES string of the molecule is CCN1CCN(CCCCNC(=O)N(CCN(C)C)Cc2ccccc2F)CC1. The van der Waals surface area contributed by atoms with Crippen molar-refractivity contribution in [1.82, 2.24) is 24.9 Å². The number of hydrogen-bond acceptors (Lipinski definition) is 4. The third kappa shape index (κ3) is 8.68. The minimum atomic E-state index is -0.265. The number of amides is 2. The highest BCUT2D eigenvalue weighted by Gasteiger charge is 2.17. The number of urea groups is 1. The van der Waals surface area contributed by atoms with Crippen molar-refractivity contribution in [2.45, 2.75) is 26.3 Å². The van der Waals surface area contributed by atoms with Crippen molar-refractivity contribution >= 4 is 6.03 Å². The summed E-state index contributed by atoms with van der Waals surface area (Å²) in [6.07, 6.45) is 2.04. The zero-order valence-electron chi connectivity index (χ0n) is 18.4. The standard InChI is InChI=1S/C22H38FN5O/c1-4-26-14-16-27(17-15-26)12-8-7-11-24-22(29)28(18-13-25(2)3)19-20-9-5-6-10-21(20)23/h5-6,9-10H,4,7-8,11-19H2,1-3H3,(H,24,29). The molecule has 1 heterocycles. The number of likely N-dealkylation sites (N-methyl/N-ethyl adjacent to an activating group) is 2. The molecule has 1 saturated heterocycles. The molecule has 1 aliphatic heterocycles. The van der Waals surface area contributed by atoms with Gasteiger partial charge in [-0.25, -0.2) is 9.18 Å². The molecule has 0 bridgehead atoms. The fraction of sp³-hybridized carbons (Fsp3) is 0.682. The fourth-order valence-electron chi connectivity index (χ4n) is 3.50. The summed E-state index contributed by atoms with van der Waals surface area (Å²) >= 11 is 0. The number of benzene rings is 1. The highest BCUT2D eigenvalue weighted by molar-refractivity contribution is 5.74. The van der Waals surface area contributed by atoms with E-state index in [0.717, 1.165) is 58.7 Å². The van der Waals surface area contributed by atoms with E-state index in [2.05, 4.69) is 22.0 Å². The van der Waals surface area contributed by atoms with Crippen molar-refractivity contribution in [3.8, 4) is 0 Å². The summed E-state index contributed by atoms with van der Waals surface area (Å²) in [5.74, 6) is -0.265. The Kier molecular flexibility index (Phi) is 10.4. The van der Waals surface area contributed by atoms with Gasteiger partial charge in [-0.05, 0) is 46.1 Å². The van der Waals surface area contributed by atoms with Crippen LogP contribution in [0, 0.1) is 5.82 Å². The van der Waals surface area contributed by atoms with Crippen LogP contribution in [0.4, 0.5) is 9.18 Å². The smallest absolute Gasteiger partial charge is 0.317 e. The maximum absolute atomic E-state index is 14.0. The molecule has 0 radical (unpaired) electrons. The highest BCUT2D eigenvalue weighted by Crippen LogP contribution is 2.10. The molecule has 0 atom stereocenters. The van der Waals surface area contributed by atoms with Gasteiger partial charge in [0.25, 0.3) is 0 Å². The zero-order chi connectivity index (χ0) is 21.1. The Bertz CT molecular complexity index is 605. The number of rotatable bonds is 11. The number of nitrogens with one attached hydrogen (secondary N) is 1. The average Bonchev–Trinajstić information content (AvgIpc) is 2.72. The van der Waals surface area contributed by atoms with Gasteiger partial charge < -0.3 is 24.9 Å². The topological polar surface area (TPSA) is 42.1 Å². The molecule has 29 heavy (non-hydrogen) atoms. The lowest BCUT2D eigenvalue weighted by atomic mass is 10.2. The molecule has 2 amide bonds. The molecule has 7 heteroatoms. The van der Waals surface area contributed by atoms with E-state index in [1.807, 2.05) is 19.0 Å². The Labute approximate surface area is 175 Å². The van der Waals surface area contributed by atoms with Crippen molar-refractivity contribution in [2.75, 3.05) is 73.0 Å². The normalized spacial score (nSPS) is 15.6. The summed E-state index contributed by atoms with van der Waals surface area (Å²) in [5, 5.41) is 3.02. The van der Waals surface area contributed by atoms with E-state index < -0.39 is 0 Å². The highest BCUT2D eigenvalue weighted by atomic mass is 19.1. The molecular formula is C22H38FN5O. The molecule has 1 N–H and O–H groups in total. The maximum atomic E-state index is 14.0. The molecule has 1 aromatic carbocycles. The molecule has 1 aliphatic rings. The largest absolute Gasteiger partial charge is 0.338 e. The first kappa shape index (κ1) is 23.6. The van der Waals surface area contributed by atoms with Crippen LogP contribution in [0.5, 0.6) is 0 Å². The van der Waals surface area contributed by atoms with Gasteiger partial charge in [-0.3, -0.25) is 0 Å². The molecular weight excluding hydrogens is 369 g/mol. The Balaban J connectivity index is 1.72. The molecule has 1 aromatic rings. The van der Waals surface area contributed by atoms with Gasteiger partial charge in [0.1, 0.15) is 5.82 Å². The Hall–Kier alpha value is -1.70. The number of piperazine rings is 1. The second kappa shape index (κ2) is 12.8. The minimum absolute atomic E-state index is 0.119. The van der Waals surface area contributed by atoms with Gasteiger partial charge in [0, 0.05) is 51.4 Å². The summed E-state index contributed by atoms with van der Waals surface area (Å²) in [7, 11) is 3.94. The van der Waals surface area contributed by atoms with E-state index in [1.54, 1.807) is 23.1 Å². The van der Waals surface area contributed by atoms with Gasteiger partial charge >= 0.3 is 6.03 Å². The molecule has 0 spiro atoms. The lowest BCUT2D eigenvalue weighted by molar-refractivity contribution is 0.135. The second-order valence-electron chi connectivity index (χ2n) is 8.03. The van der Waals surface area contributed by atoms with Crippen LogP contribution in [0.1, 0.15) is 25.3 Å². The van der Waals surface area contributed by atoms with Crippen LogP contribution in [0.2, 0.25) is 0 Å². The first-order valence-electron chi connectivity index (χ1n) is 10.8. The minimum Gasteiger partial charge on any atom is -0.338 e. The van der Waals surface area contributed by atoms with Gasteiger partial charge in [0.15, 0.2) is 0 Å². The third-order valence-corrected chi connectivity index (χ3v) is 5.51. The molecule has 2 rings (SSSR count). The Morgan fingerprint density at radius 3 is 2.41 bits per heavy atom. The first-order valence-corrected chi connectivity index (χ1v) is 10.8. The van der Waals surface area contributed by atoms with Crippen LogP contribution in [0.15, 0.2) is 24.3 Å². The summed E-state index contributed by atoms with van der Waals surface area (Å²) in [6, 6.07) is 6.54. The Morgan fingerprint density at radius 2 is 1.76 bits per heavy atom. The van der Waals surface area contributed by atoms with Gasteiger partial charge in [-0.15, -0.1) is 0 Å². The van der Waals surface area contributed by atoms with E-state index in [9.17, 15) is 9.18 Å². The van der Waals surface area contributed by atoms with Crippen LogP contribution in [0.3, 0.4) is 0 Å². The molecule has 164 valence electrons. The fourth-order valence-corrected chi connectivity index (χ4v) is 3.50. The molecule has 0 aromatic heterocycles. The van der Waals surface area contributed by atoms with E-state index in [0.29, 0.717) is 18.7 Å². The second-order valence-corrected chi connectivity index (χ2v) is 8.03. The van der Waals surface area contributed by atoms with Gasteiger partial charge in [0.05, 0.1) is 6.54 Å². The summed E-state index contributed by atoms with van der Waals surface area (Å²) in [6.45, 7) is 11.3. The van der Waals surface area contributed by atoms with Crippen LogP contribution < -0.4 is 5.32 Å². The van der Waals surface area contributed by atoms with E-state index in [-0.39, 0.29) is 18.4 Å². The number of hydrogen-bond donors (Lipinski definition) is 1. The lowest BCUT2D eigenvalue weighted by Crippen LogP contribution is -2.46. The van der Waals surface area contributed by atoms with Crippen molar-refractivity contribution in [3.05, 3.63) is 35.6 Å². The molecule has 1 fully saturated rings. The van der Waals surface area contributed by atoms with Crippen LogP contribution in [-0.2, 0) is 6.54 Å². The van der Waals surface area contributed by atoms with Crippen LogP contribution >= 0.6 is 0 Å². The van der Waals surface area contributed by atoms with Gasteiger partial charge in [0.2, 0.25) is 0 Å². The molecule has 0 unspecified atom stereocenters. The molecule has 0 aliphatic carbocycles. The predicted molar refractivity (Wildman–Crippen MR) is 117 cm³/mol. The van der Waals surface area contributed by atoms with E-state index >= 15 is 0 Å². The maximum Gasteiger partial charge on any atom is 0.317 e. The number of carbonyl (C=O) groups excluding carboxylic acids is 1. The Morgan fingerprint density at radius 1 is 1.07 bits per heavy atom.